The second kappa shape index (κ2) is 8.20. The Labute approximate surface area is 193 Å². The highest BCUT2D eigenvalue weighted by Gasteiger charge is 2.28. The summed E-state index contributed by atoms with van der Waals surface area (Å²) in [5, 5.41) is 7.64. The number of hydrogen-bond donors (Lipinski definition) is 2. The molecule has 10 nitrogen and oxygen atoms in total. The summed E-state index contributed by atoms with van der Waals surface area (Å²) in [6, 6.07) is 7.53. The minimum atomic E-state index is -0.607. The molecule has 3 aromatic heterocycles. The number of pyridine rings is 1. The first-order valence-electron chi connectivity index (χ1n) is 10.7. The molecular formula is C22H24ClN7O3. The van der Waals surface area contributed by atoms with Gasteiger partial charge in [0.2, 0.25) is 5.95 Å². The van der Waals surface area contributed by atoms with Gasteiger partial charge in [0.15, 0.2) is 5.69 Å². The lowest BCUT2D eigenvalue weighted by Crippen LogP contribution is -2.44. The van der Waals surface area contributed by atoms with Crippen molar-refractivity contribution in [2.45, 2.75) is 25.4 Å². The van der Waals surface area contributed by atoms with Crippen LogP contribution in [0.3, 0.4) is 0 Å². The van der Waals surface area contributed by atoms with Gasteiger partial charge >= 0.3 is 5.97 Å². The van der Waals surface area contributed by atoms with Gasteiger partial charge in [0.1, 0.15) is 22.1 Å². The van der Waals surface area contributed by atoms with E-state index in [1.807, 2.05) is 28.8 Å². The number of nitrogens with one attached hydrogen (secondary N) is 1. The fourth-order valence-corrected chi connectivity index (χ4v) is 4.73. The molecule has 0 radical (unpaired) electrons. The molecule has 0 unspecified atom stereocenters. The van der Waals surface area contributed by atoms with Gasteiger partial charge in [0.25, 0.3) is 5.56 Å². The number of piperidine rings is 1. The summed E-state index contributed by atoms with van der Waals surface area (Å²) in [7, 11) is 2.89. The summed E-state index contributed by atoms with van der Waals surface area (Å²) in [5.74, 6) is 0.0249. The monoisotopic (exact) mass is 469 g/mol. The summed E-state index contributed by atoms with van der Waals surface area (Å²) in [5.41, 5.74) is 8.50. The van der Waals surface area contributed by atoms with Crippen LogP contribution in [0.15, 0.2) is 29.1 Å². The number of imidazole rings is 1. The highest BCUT2D eigenvalue weighted by atomic mass is 35.5. The van der Waals surface area contributed by atoms with Crippen molar-refractivity contribution < 1.29 is 9.53 Å². The first-order chi connectivity index (χ1) is 15.9. The summed E-state index contributed by atoms with van der Waals surface area (Å²) >= 11 is 6.45. The lowest BCUT2D eigenvalue weighted by molar-refractivity contribution is 0.0595. The third kappa shape index (κ3) is 3.46. The average Bonchev–Trinajstić information content (AvgIpc) is 3.41. The maximum atomic E-state index is 13.6. The third-order valence-electron chi connectivity index (χ3n) is 6.17. The minimum absolute atomic E-state index is 0.0199. The number of aryl methyl sites for hydroxylation is 1. The molecular weight excluding hydrogens is 446 g/mol. The van der Waals surface area contributed by atoms with E-state index in [0.717, 1.165) is 24.9 Å². The Morgan fingerprint density at radius 1 is 1.30 bits per heavy atom. The standard InChI is InChI=1S/C22H24ClN7O3/c1-28-18-16(26-27-17(18)21(32)33-2)15-19(20(28)31)30(10-12-6-3-4-8-14(12)23)22(25-15)29-9-5-7-13(24)11-29/h3-4,6,8,13H,5,7,9-11,24H2,1-2H3,(H,26,27)/t13-/m1/s1. The summed E-state index contributed by atoms with van der Waals surface area (Å²) in [6.07, 6.45) is 1.87. The van der Waals surface area contributed by atoms with Crippen molar-refractivity contribution in [3.8, 4) is 0 Å². The van der Waals surface area contributed by atoms with E-state index in [1.165, 1.54) is 11.7 Å². The molecule has 0 aliphatic carbocycles. The number of ether oxygens (including phenoxy) is 1. The first kappa shape index (κ1) is 21.5. The first-order valence-corrected chi connectivity index (χ1v) is 11.1. The van der Waals surface area contributed by atoms with Gasteiger partial charge in [-0.25, -0.2) is 9.78 Å². The predicted octanol–water partition coefficient (Wildman–Crippen LogP) is 2.03. The van der Waals surface area contributed by atoms with Gasteiger partial charge < -0.3 is 24.5 Å². The molecule has 1 aromatic carbocycles. The number of fused-ring (bicyclic) bond motifs is 3. The molecule has 11 heteroatoms. The molecule has 1 fully saturated rings. The van der Waals surface area contributed by atoms with Gasteiger partial charge in [0, 0.05) is 31.2 Å². The number of methoxy groups -OCH3 is 1. The van der Waals surface area contributed by atoms with Gasteiger partial charge in [-0.15, -0.1) is 0 Å². The Balaban J connectivity index is 1.81. The molecule has 5 rings (SSSR count). The molecule has 1 aliphatic rings. The minimum Gasteiger partial charge on any atom is -0.464 e. The number of nitrogens with zero attached hydrogens (tertiary/aromatic N) is 5. The van der Waals surface area contributed by atoms with Crippen LogP contribution in [0.4, 0.5) is 5.95 Å². The molecule has 1 aliphatic heterocycles. The number of halogens is 1. The molecule has 4 heterocycles. The summed E-state index contributed by atoms with van der Waals surface area (Å²) in [4.78, 5) is 32.8. The van der Waals surface area contributed by atoms with E-state index in [9.17, 15) is 9.59 Å². The number of hydrogen-bond acceptors (Lipinski definition) is 7. The molecule has 172 valence electrons. The Hall–Kier alpha value is -3.37. The fraction of sp³-hybridized carbons (Fsp3) is 0.364. The zero-order chi connectivity index (χ0) is 23.3. The number of nitrogens with two attached hydrogens (primary N) is 1. The quantitative estimate of drug-likeness (QED) is 0.438. The number of aromatic nitrogens is 5. The van der Waals surface area contributed by atoms with Crippen LogP contribution in [0, 0.1) is 0 Å². The third-order valence-corrected chi connectivity index (χ3v) is 6.54. The Bertz CT molecular complexity index is 1440. The van der Waals surface area contributed by atoms with Crippen molar-refractivity contribution in [1.82, 2.24) is 24.3 Å². The van der Waals surface area contributed by atoms with Gasteiger partial charge in [-0.05, 0) is 24.5 Å². The lowest BCUT2D eigenvalue weighted by Gasteiger charge is -2.32. The van der Waals surface area contributed by atoms with E-state index in [0.29, 0.717) is 46.1 Å². The predicted molar refractivity (Wildman–Crippen MR) is 126 cm³/mol. The van der Waals surface area contributed by atoms with Crippen LogP contribution in [0.1, 0.15) is 28.9 Å². The fourth-order valence-electron chi connectivity index (χ4n) is 4.54. The van der Waals surface area contributed by atoms with E-state index < -0.39 is 5.97 Å². The second-order valence-corrected chi connectivity index (χ2v) is 8.69. The smallest absolute Gasteiger partial charge is 0.358 e. The van der Waals surface area contributed by atoms with E-state index in [2.05, 4.69) is 15.1 Å². The number of aromatic amines is 1. The molecule has 0 saturated carbocycles. The van der Waals surface area contributed by atoms with Gasteiger partial charge in [-0.1, -0.05) is 29.8 Å². The second-order valence-electron chi connectivity index (χ2n) is 8.29. The van der Waals surface area contributed by atoms with Crippen molar-refractivity contribution in [3.05, 3.63) is 50.9 Å². The van der Waals surface area contributed by atoms with Crippen LogP contribution in [0.25, 0.3) is 22.1 Å². The molecule has 0 spiro atoms. The summed E-state index contributed by atoms with van der Waals surface area (Å²) < 4.78 is 8.13. The Morgan fingerprint density at radius 3 is 2.82 bits per heavy atom. The van der Waals surface area contributed by atoms with Crippen LogP contribution in [0.2, 0.25) is 5.02 Å². The number of H-pyrrole nitrogens is 1. The van der Waals surface area contributed by atoms with Crippen molar-refractivity contribution in [3.63, 3.8) is 0 Å². The van der Waals surface area contributed by atoms with Gasteiger partial charge in [-0.2, -0.15) is 5.10 Å². The molecule has 3 N–H and O–H groups in total. The molecule has 33 heavy (non-hydrogen) atoms. The highest BCUT2D eigenvalue weighted by molar-refractivity contribution is 6.31. The maximum Gasteiger partial charge on any atom is 0.358 e. The number of esters is 1. The normalized spacial score (nSPS) is 16.6. The van der Waals surface area contributed by atoms with Gasteiger partial charge in [0.05, 0.1) is 13.7 Å². The van der Waals surface area contributed by atoms with E-state index >= 15 is 0 Å². The van der Waals surface area contributed by atoms with Gasteiger partial charge in [-0.3, -0.25) is 9.89 Å². The Morgan fingerprint density at radius 2 is 2.09 bits per heavy atom. The molecule has 0 bridgehead atoms. The van der Waals surface area contributed by atoms with Crippen LogP contribution < -0.4 is 16.2 Å². The van der Waals surface area contributed by atoms with E-state index in [-0.39, 0.29) is 17.3 Å². The number of carbonyl (C=O) groups excluding carboxylic acids is 1. The molecule has 1 atom stereocenters. The lowest BCUT2D eigenvalue weighted by atomic mass is 10.1. The molecule has 4 aromatic rings. The van der Waals surface area contributed by atoms with E-state index in [1.54, 1.807) is 7.05 Å². The number of anilines is 1. The van der Waals surface area contributed by atoms with Crippen LogP contribution >= 0.6 is 11.6 Å². The number of benzene rings is 1. The number of rotatable bonds is 4. The van der Waals surface area contributed by atoms with Crippen molar-refractivity contribution in [2.24, 2.45) is 12.8 Å². The zero-order valence-corrected chi connectivity index (χ0v) is 19.1. The van der Waals surface area contributed by atoms with Crippen molar-refractivity contribution in [1.29, 1.82) is 0 Å². The van der Waals surface area contributed by atoms with Crippen molar-refractivity contribution in [2.75, 3.05) is 25.1 Å². The van der Waals surface area contributed by atoms with Crippen LogP contribution in [0.5, 0.6) is 0 Å². The van der Waals surface area contributed by atoms with E-state index in [4.69, 9.17) is 27.1 Å². The van der Waals surface area contributed by atoms with Crippen LogP contribution in [-0.2, 0) is 18.3 Å². The SMILES string of the molecule is COC(=O)c1[nH]nc2c3nc(N4CCC[C@@H](N)C4)n(Cc4ccccc4Cl)c3c(=O)n(C)c12. The molecule has 1 saturated heterocycles. The zero-order valence-electron chi connectivity index (χ0n) is 18.3. The maximum absolute atomic E-state index is 13.6. The summed E-state index contributed by atoms with van der Waals surface area (Å²) in [6.45, 7) is 1.76. The molecule has 0 amide bonds. The van der Waals surface area contributed by atoms with Crippen molar-refractivity contribution >= 4 is 45.6 Å². The topological polar surface area (TPSA) is 124 Å². The number of carbonyl (C=O) groups is 1. The average molecular weight is 470 g/mol. The largest absolute Gasteiger partial charge is 0.464 e. The Kier molecular flexibility index (Phi) is 5.34. The highest BCUT2D eigenvalue weighted by Crippen LogP contribution is 2.30. The van der Waals surface area contributed by atoms with Crippen LogP contribution in [-0.4, -0.2) is 56.5 Å².